The maximum atomic E-state index is 12.3. The van der Waals surface area contributed by atoms with Crippen molar-refractivity contribution in [3.63, 3.8) is 0 Å². The van der Waals surface area contributed by atoms with E-state index in [4.69, 9.17) is 10.5 Å². The molecule has 1 aliphatic carbocycles. The minimum atomic E-state index is -0.547. The molecule has 2 aromatic rings. The molecule has 0 aliphatic heterocycles. The number of thiophene rings is 1. The minimum absolute atomic E-state index is 0.388. The summed E-state index contributed by atoms with van der Waals surface area (Å²) in [6.07, 6.45) is 2.67. The van der Waals surface area contributed by atoms with Crippen molar-refractivity contribution in [1.29, 1.82) is 0 Å². The van der Waals surface area contributed by atoms with Gasteiger partial charge in [0.25, 0.3) is 11.8 Å². The molecule has 2 heterocycles. The number of carbonyl (C=O) groups excluding carboxylic acids is 3. The van der Waals surface area contributed by atoms with Gasteiger partial charge in [-0.05, 0) is 51.7 Å². The van der Waals surface area contributed by atoms with E-state index in [1.165, 1.54) is 11.3 Å². The summed E-state index contributed by atoms with van der Waals surface area (Å²) >= 11 is 1.37. The third-order valence-corrected chi connectivity index (χ3v) is 6.07. The molecule has 8 heteroatoms. The summed E-state index contributed by atoms with van der Waals surface area (Å²) in [4.78, 5) is 37.4. The fourth-order valence-electron chi connectivity index (χ4n) is 3.62. The van der Waals surface area contributed by atoms with Crippen LogP contribution in [-0.4, -0.2) is 29.0 Å². The first kappa shape index (κ1) is 19.2. The van der Waals surface area contributed by atoms with E-state index < -0.39 is 24.4 Å². The Kier molecular flexibility index (Phi) is 5.36. The lowest BCUT2D eigenvalue weighted by molar-refractivity contribution is -0.119. The summed E-state index contributed by atoms with van der Waals surface area (Å²) in [5.74, 6) is -1.58. The maximum absolute atomic E-state index is 12.3. The van der Waals surface area contributed by atoms with E-state index in [1.807, 2.05) is 25.3 Å². The van der Waals surface area contributed by atoms with Crippen molar-refractivity contribution in [2.45, 2.75) is 46.6 Å². The number of nitrogens with two attached hydrogens (primary N) is 1. The molecule has 3 rings (SSSR count). The Bertz CT molecular complexity index is 926. The summed E-state index contributed by atoms with van der Waals surface area (Å²) < 4.78 is 7.16. The van der Waals surface area contributed by atoms with Crippen LogP contribution in [0.25, 0.3) is 0 Å². The molecule has 1 aliphatic rings. The van der Waals surface area contributed by atoms with E-state index >= 15 is 0 Å². The third-order valence-electron chi connectivity index (χ3n) is 4.86. The maximum Gasteiger partial charge on any atom is 0.340 e. The van der Waals surface area contributed by atoms with E-state index in [-0.39, 0.29) is 0 Å². The third kappa shape index (κ3) is 3.62. The first-order chi connectivity index (χ1) is 12.8. The number of nitrogens with one attached hydrogen (secondary N) is 1. The Morgan fingerprint density at radius 3 is 2.67 bits per heavy atom. The lowest BCUT2D eigenvalue weighted by Gasteiger charge is -2.08. The minimum Gasteiger partial charge on any atom is -0.452 e. The van der Waals surface area contributed by atoms with Gasteiger partial charge in [-0.3, -0.25) is 9.59 Å². The zero-order valence-electron chi connectivity index (χ0n) is 15.7. The Balaban J connectivity index is 1.66. The average molecular weight is 389 g/mol. The smallest absolute Gasteiger partial charge is 0.340 e. The van der Waals surface area contributed by atoms with Crippen molar-refractivity contribution in [2.24, 2.45) is 5.73 Å². The van der Waals surface area contributed by atoms with Crippen LogP contribution < -0.4 is 11.1 Å². The van der Waals surface area contributed by atoms with Crippen LogP contribution in [0.3, 0.4) is 0 Å². The van der Waals surface area contributed by atoms with Crippen molar-refractivity contribution < 1.29 is 19.1 Å². The largest absolute Gasteiger partial charge is 0.452 e. The second-order valence-electron chi connectivity index (χ2n) is 6.58. The molecule has 0 spiro atoms. The van der Waals surface area contributed by atoms with E-state index in [9.17, 15) is 14.4 Å². The van der Waals surface area contributed by atoms with Crippen LogP contribution in [0, 0.1) is 13.8 Å². The van der Waals surface area contributed by atoms with Gasteiger partial charge in [-0.15, -0.1) is 11.3 Å². The van der Waals surface area contributed by atoms with Gasteiger partial charge in [0.1, 0.15) is 5.00 Å². The number of aromatic nitrogens is 1. The highest BCUT2D eigenvalue weighted by Crippen LogP contribution is 2.38. The van der Waals surface area contributed by atoms with Crippen molar-refractivity contribution in [3.8, 4) is 0 Å². The topological polar surface area (TPSA) is 103 Å². The molecule has 3 N–H and O–H groups in total. The zero-order valence-corrected chi connectivity index (χ0v) is 16.5. The van der Waals surface area contributed by atoms with Gasteiger partial charge in [-0.2, -0.15) is 0 Å². The number of aryl methyl sites for hydroxylation is 2. The summed E-state index contributed by atoms with van der Waals surface area (Å²) in [6, 6.07) is 1.76. The summed E-state index contributed by atoms with van der Waals surface area (Å²) in [5.41, 5.74) is 9.03. The molecule has 0 aromatic carbocycles. The van der Waals surface area contributed by atoms with Crippen LogP contribution in [0.4, 0.5) is 5.00 Å². The quantitative estimate of drug-likeness (QED) is 0.741. The van der Waals surface area contributed by atoms with Crippen LogP contribution in [0.5, 0.6) is 0 Å². The van der Waals surface area contributed by atoms with Crippen molar-refractivity contribution in [1.82, 2.24) is 4.57 Å². The summed E-state index contributed by atoms with van der Waals surface area (Å²) in [5, 5.41) is 3.11. The highest BCUT2D eigenvalue weighted by molar-refractivity contribution is 7.17. The zero-order chi connectivity index (χ0) is 19.7. The molecule has 7 nitrogen and oxygen atoms in total. The number of fused-ring (bicyclic) bond motifs is 1. The number of anilines is 1. The number of carbonyl (C=O) groups is 3. The summed E-state index contributed by atoms with van der Waals surface area (Å²) in [7, 11) is 0. The SMILES string of the molecule is CCn1c(C)cc(C(=O)OCC(=O)Nc2sc3c(c2C(N)=O)CCC3)c1C. The number of primary amides is 1. The Morgan fingerprint density at radius 2 is 2.04 bits per heavy atom. The molecule has 2 aromatic heterocycles. The predicted molar refractivity (Wildman–Crippen MR) is 103 cm³/mol. The van der Waals surface area contributed by atoms with Gasteiger partial charge in [0.15, 0.2) is 6.61 Å². The van der Waals surface area contributed by atoms with Gasteiger partial charge in [0, 0.05) is 22.8 Å². The normalized spacial score (nSPS) is 12.7. The second-order valence-corrected chi connectivity index (χ2v) is 7.68. The van der Waals surface area contributed by atoms with Crippen LogP contribution in [0.2, 0.25) is 0 Å². The van der Waals surface area contributed by atoms with E-state index in [1.54, 1.807) is 6.07 Å². The van der Waals surface area contributed by atoms with Gasteiger partial charge in [-0.25, -0.2) is 4.79 Å². The molecular formula is C19H23N3O4S. The van der Waals surface area contributed by atoms with Gasteiger partial charge < -0.3 is 20.4 Å². The van der Waals surface area contributed by atoms with Crippen LogP contribution in [0.1, 0.15) is 55.9 Å². The number of rotatable bonds is 6. The lowest BCUT2D eigenvalue weighted by atomic mass is 10.1. The van der Waals surface area contributed by atoms with Crippen LogP contribution >= 0.6 is 11.3 Å². The van der Waals surface area contributed by atoms with Crippen LogP contribution in [0.15, 0.2) is 6.07 Å². The summed E-state index contributed by atoms with van der Waals surface area (Å²) in [6.45, 7) is 6.10. The standard InChI is InChI=1S/C19H23N3O4S/c1-4-22-10(2)8-13(11(22)3)19(25)26-9-15(23)21-18-16(17(20)24)12-6-5-7-14(12)27-18/h8H,4-7,9H2,1-3H3,(H2,20,24)(H,21,23). The Hall–Kier alpha value is -2.61. The second kappa shape index (κ2) is 7.56. The fraction of sp³-hybridized carbons (Fsp3) is 0.421. The molecule has 144 valence electrons. The molecule has 0 bridgehead atoms. The lowest BCUT2D eigenvalue weighted by Crippen LogP contribution is -2.23. The number of hydrogen-bond donors (Lipinski definition) is 2. The Labute approximate surface area is 161 Å². The van der Waals surface area contributed by atoms with Gasteiger partial charge in [-0.1, -0.05) is 0 Å². The number of ether oxygens (including phenoxy) is 1. The van der Waals surface area contributed by atoms with Gasteiger partial charge >= 0.3 is 5.97 Å². The monoisotopic (exact) mass is 389 g/mol. The molecule has 2 amide bonds. The molecule has 0 unspecified atom stereocenters. The van der Waals surface area contributed by atoms with Crippen molar-refractivity contribution in [2.75, 3.05) is 11.9 Å². The average Bonchev–Trinajstić information content (AvgIpc) is 3.25. The fourth-order valence-corrected chi connectivity index (χ4v) is 4.93. The molecule has 27 heavy (non-hydrogen) atoms. The number of hydrogen-bond acceptors (Lipinski definition) is 5. The molecule has 0 saturated carbocycles. The molecule has 0 atom stereocenters. The number of esters is 1. The van der Waals surface area contributed by atoms with Gasteiger partial charge in [0.05, 0.1) is 11.1 Å². The highest BCUT2D eigenvalue weighted by atomic mass is 32.1. The van der Waals surface area contributed by atoms with Crippen molar-refractivity contribution in [3.05, 3.63) is 39.0 Å². The number of nitrogens with zero attached hydrogens (tertiary/aromatic N) is 1. The first-order valence-electron chi connectivity index (χ1n) is 8.91. The van der Waals surface area contributed by atoms with Crippen LogP contribution in [-0.2, 0) is 28.9 Å². The molecular weight excluding hydrogens is 366 g/mol. The van der Waals surface area contributed by atoms with E-state index in [0.717, 1.165) is 47.6 Å². The van der Waals surface area contributed by atoms with Crippen molar-refractivity contribution >= 4 is 34.1 Å². The molecule has 0 radical (unpaired) electrons. The number of amides is 2. The van der Waals surface area contributed by atoms with E-state index in [2.05, 4.69) is 5.32 Å². The highest BCUT2D eigenvalue weighted by Gasteiger charge is 2.26. The first-order valence-corrected chi connectivity index (χ1v) is 9.73. The predicted octanol–water partition coefficient (Wildman–Crippen LogP) is 2.57. The van der Waals surface area contributed by atoms with E-state index in [0.29, 0.717) is 16.1 Å². The Morgan fingerprint density at radius 1 is 1.30 bits per heavy atom. The molecule has 0 saturated heterocycles. The molecule has 0 fully saturated rings. The van der Waals surface area contributed by atoms with Gasteiger partial charge in [0.2, 0.25) is 0 Å².